The van der Waals surface area contributed by atoms with E-state index < -0.39 is 0 Å². The normalized spacial score (nSPS) is 26.0. The molecule has 2 fully saturated rings. The molecule has 0 spiro atoms. The second kappa shape index (κ2) is 5.04. The predicted octanol–water partition coefficient (Wildman–Crippen LogP) is 1.52. The molecule has 4 heteroatoms. The standard InChI is InChI=1S/C16H20N4/c1-6-18-20(7-1)16-4-2-13(3-5-16)10-19-11-14-8-17-9-15(14)12-19/h1-7,14-15,17H,8-12H2/t14-,15+. The SMILES string of the molecule is c1cnn(-c2ccc(CN3C[C@H]4CNC[C@H]4C3)cc2)c1. The summed E-state index contributed by atoms with van der Waals surface area (Å²) >= 11 is 0. The highest BCUT2D eigenvalue weighted by Gasteiger charge is 2.35. The monoisotopic (exact) mass is 268 g/mol. The number of rotatable bonds is 3. The molecular formula is C16H20N4. The van der Waals surface area contributed by atoms with E-state index in [1.54, 1.807) is 0 Å². The number of fused-ring (bicyclic) bond motifs is 1. The average Bonchev–Trinajstić information content (AvgIpc) is 3.15. The van der Waals surface area contributed by atoms with E-state index >= 15 is 0 Å². The van der Waals surface area contributed by atoms with Gasteiger partial charge in [-0.1, -0.05) is 12.1 Å². The third kappa shape index (κ3) is 2.25. The van der Waals surface area contributed by atoms with Gasteiger partial charge >= 0.3 is 0 Å². The maximum absolute atomic E-state index is 4.26. The van der Waals surface area contributed by atoms with E-state index in [1.165, 1.54) is 31.7 Å². The van der Waals surface area contributed by atoms with Gasteiger partial charge in [0.2, 0.25) is 0 Å². The van der Waals surface area contributed by atoms with Gasteiger partial charge in [-0.25, -0.2) is 4.68 Å². The van der Waals surface area contributed by atoms with E-state index in [0.717, 1.165) is 24.1 Å². The van der Waals surface area contributed by atoms with Crippen LogP contribution < -0.4 is 5.32 Å². The second-order valence-electron chi connectivity index (χ2n) is 5.99. The molecule has 2 aliphatic heterocycles. The fourth-order valence-corrected chi connectivity index (χ4v) is 3.52. The molecule has 0 amide bonds. The van der Waals surface area contributed by atoms with Crippen LogP contribution in [0, 0.1) is 11.8 Å². The van der Waals surface area contributed by atoms with Gasteiger partial charge in [-0.05, 0) is 48.7 Å². The molecule has 0 aliphatic carbocycles. The van der Waals surface area contributed by atoms with Crippen molar-refractivity contribution in [1.82, 2.24) is 20.0 Å². The molecule has 2 atom stereocenters. The molecule has 0 saturated carbocycles. The van der Waals surface area contributed by atoms with Gasteiger partial charge in [-0.2, -0.15) is 5.10 Å². The van der Waals surface area contributed by atoms with E-state index in [4.69, 9.17) is 0 Å². The highest BCUT2D eigenvalue weighted by molar-refractivity contribution is 5.33. The lowest BCUT2D eigenvalue weighted by molar-refractivity contribution is 0.305. The van der Waals surface area contributed by atoms with Crippen LogP contribution in [-0.2, 0) is 6.54 Å². The van der Waals surface area contributed by atoms with Crippen molar-refractivity contribution in [2.45, 2.75) is 6.54 Å². The Morgan fingerprint density at radius 3 is 2.50 bits per heavy atom. The first kappa shape index (κ1) is 12.1. The zero-order valence-electron chi connectivity index (χ0n) is 11.6. The van der Waals surface area contributed by atoms with Gasteiger partial charge in [0.25, 0.3) is 0 Å². The largest absolute Gasteiger partial charge is 0.316 e. The van der Waals surface area contributed by atoms with Crippen LogP contribution in [0.25, 0.3) is 5.69 Å². The molecule has 1 aromatic heterocycles. The van der Waals surface area contributed by atoms with Crippen molar-refractivity contribution < 1.29 is 0 Å². The summed E-state index contributed by atoms with van der Waals surface area (Å²) in [7, 11) is 0. The Morgan fingerprint density at radius 2 is 1.85 bits per heavy atom. The van der Waals surface area contributed by atoms with Crippen LogP contribution >= 0.6 is 0 Å². The zero-order valence-corrected chi connectivity index (χ0v) is 11.6. The molecule has 2 aromatic rings. The molecule has 0 unspecified atom stereocenters. The molecule has 0 radical (unpaired) electrons. The van der Waals surface area contributed by atoms with E-state index in [-0.39, 0.29) is 0 Å². The van der Waals surface area contributed by atoms with Gasteiger partial charge < -0.3 is 5.32 Å². The predicted molar refractivity (Wildman–Crippen MR) is 78.7 cm³/mol. The van der Waals surface area contributed by atoms with Crippen LogP contribution in [0.15, 0.2) is 42.7 Å². The molecule has 20 heavy (non-hydrogen) atoms. The molecule has 0 bridgehead atoms. The fourth-order valence-electron chi connectivity index (χ4n) is 3.52. The molecule has 2 saturated heterocycles. The molecule has 104 valence electrons. The van der Waals surface area contributed by atoms with Gasteiger partial charge in [0.15, 0.2) is 0 Å². The van der Waals surface area contributed by atoms with Gasteiger partial charge in [0.1, 0.15) is 0 Å². The summed E-state index contributed by atoms with van der Waals surface area (Å²) in [6, 6.07) is 10.7. The molecule has 4 nitrogen and oxygen atoms in total. The van der Waals surface area contributed by atoms with Crippen molar-refractivity contribution in [3.05, 3.63) is 48.3 Å². The third-order valence-corrected chi connectivity index (χ3v) is 4.58. The summed E-state index contributed by atoms with van der Waals surface area (Å²) in [5.74, 6) is 1.75. The van der Waals surface area contributed by atoms with Crippen molar-refractivity contribution in [1.29, 1.82) is 0 Å². The Morgan fingerprint density at radius 1 is 1.10 bits per heavy atom. The summed E-state index contributed by atoms with van der Waals surface area (Å²) in [4.78, 5) is 2.60. The lowest BCUT2D eigenvalue weighted by Gasteiger charge is -2.17. The number of likely N-dealkylation sites (tertiary alicyclic amines) is 1. The molecule has 1 aromatic carbocycles. The van der Waals surface area contributed by atoms with E-state index in [0.29, 0.717) is 0 Å². The van der Waals surface area contributed by atoms with Crippen molar-refractivity contribution in [3.8, 4) is 5.69 Å². The Bertz CT molecular complexity index is 549. The van der Waals surface area contributed by atoms with E-state index in [1.807, 2.05) is 23.1 Å². The van der Waals surface area contributed by atoms with E-state index in [2.05, 4.69) is 39.6 Å². The lowest BCUT2D eigenvalue weighted by Crippen LogP contribution is -2.25. The number of nitrogens with zero attached hydrogens (tertiary/aromatic N) is 3. The van der Waals surface area contributed by atoms with Crippen molar-refractivity contribution in [2.24, 2.45) is 11.8 Å². The number of aromatic nitrogens is 2. The van der Waals surface area contributed by atoms with Gasteiger partial charge in [0, 0.05) is 32.0 Å². The molecule has 4 rings (SSSR count). The van der Waals surface area contributed by atoms with Crippen LogP contribution in [0.2, 0.25) is 0 Å². The minimum atomic E-state index is 0.873. The molecule has 1 N–H and O–H groups in total. The Labute approximate surface area is 119 Å². The third-order valence-electron chi connectivity index (χ3n) is 4.58. The minimum absolute atomic E-state index is 0.873. The maximum Gasteiger partial charge on any atom is 0.0645 e. The van der Waals surface area contributed by atoms with Crippen LogP contribution in [0.4, 0.5) is 0 Å². The summed E-state index contributed by atoms with van der Waals surface area (Å²) in [6.45, 7) is 5.99. The summed E-state index contributed by atoms with van der Waals surface area (Å²) in [5.41, 5.74) is 2.52. The Balaban J connectivity index is 1.42. The zero-order chi connectivity index (χ0) is 13.4. The lowest BCUT2D eigenvalue weighted by atomic mass is 10.0. The summed E-state index contributed by atoms with van der Waals surface area (Å²) in [6.07, 6.45) is 3.79. The quantitative estimate of drug-likeness (QED) is 0.916. The molecular weight excluding hydrogens is 248 g/mol. The van der Waals surface area contributed by atoms with E-state index in [9.17, 15) is 0 Å². The Kier molecular flexibility index (Phi) is 3.05. The summed E-state index contributed by atoms with van der Waals surface area (Å²) < 4.78 is 1.90. The van der Waals surface area contributed by atoms with Crippen molar-refractivity contribution in [2.75, 3.05) is 26.2 Å². The summed E-state index contributed by atoms with van der Waals surface area (Å²) in [5, 5.41) is 7.75. The first-order chi connectivity index (χ1) is 9.88. The van der Waals surface area contributed by atoms with Gasteiger partial charge in [-0.3, -0.25) is 4.90 Å². The van der Waals surface area contributed by atoms with Crippen molar-refractivity contribution in [3.63, 3.8) is 0 Å². The fraction of sp³-hybridized carbons (Fsp3) is 0.438. The number of hydrogen-bond donors (Lipinski definition) is 1. The van der Waals surface area contributed by atoms with Crippen LogP contribution in [0.1, 0.15) is 5.56 Å². The topological polar surface area (TPSA) is 33.1 Å². The van der Waals surface area contributed by atoms with Gasteiger partial charge in [0.05, 0.1) is 5.69 Å². The number of nitrogens with one attached hydrogen (secondary N) is 1. The first-order valence-electron chi connectivity index (χ1n) is 7.40. The van der Waals surface area contributed by atoms with Crippen LogP contribution in [0.3, 0.4) is 0 Å². The second-order valence-corrected chi connectivity index (χ2v) is 5.99. The van der Waals surface area contributed by atoms with Gasteiger partial charge in [-0.15, -0.1) is 0 Å². The first-order valence-corrected chi connectivity index (χ1v) is 7.40. The average molecular weight is 268 g/mol. The minimum Gasteiger partial charge on any atom is -0.316 e. The van der Waals surface area contributed by atoms with Crippen molar-refractivity contribution >= 4 is 0 Å². The number of hydrogen-bond acceptors (Lipinski definition) is 3. The highest BCUT2D eigenvalue weighted by atomic mass is 15.3. The van der Waals surface area contributed by atoms with Crippen LogP contribution in [-0.4, -0.2) is 40.9 Å². The highest BCUT2D eigenvalue weighted by Crippen LogP contribution is 2.27. The van der Waals surface area contributed by atoms with Crippen LogP contribution in [0.5, 0.6) is 0 Å². The maximum atomic E-state index is 4.26. The molecule has 3 heterocycles. The Hall–Kier alpha value is -1.65. The smallest absolute Gasteiger partial charge is 0.0645 e. The number of benzene rings is 1. The molecule has 2 aliphatic rings.